The van der Waals surface area contributed by atoms with Gasteiger partial charge in [0.1, 0.15) is 0 Å². The van der Waals surface area contributed by atoms with Crippen molar-refractivity contribution in [2.75, 3.05) is 7.05 Å². The summed E-state index contributed by atoms with van der Waals surface area (Å²) in [5.41, 5.74) is 0.906. The second kappa shape index (κ2) is 5.95. The van der Waals surface area contributed by atoms with Crippen LogP contribution in [0.15, 0.2) is 34.7 Å². The molecule has 0 aliphatic heterocycles. The summed E-state index contributed by atoms with van der Waals surface area (Å²) in [5, 5.41) is 18.1. The molecule has 5 heteroatoms. The quantitative estimate of drug-likeness (QED) is 0.891. The van der Waals surface area contributed by atoms with E-state index in [4.69, 9.17) is 4.42 Å². The lowest BCUT2D eigenvalue weighted by molar-refractivity contribution is 0.0644. The average Bonchev–Trinajstić information content (AvgIpc) is 2.83. The van der Waals surface area contributed by atoms with Crippen molar-refractivity contribution in [1.29, 1.82) is 0 Å². The Morgan fingerprint density at radius 2 is 1.95 bits per heavy atom. The molecule has 0 radical (unpaired) electrons. The normalized spacial score (nSPS) is 14.6. The highest BCUT2D eigenvalue weighted by Crippen LogP contribution is 2.20. The molecule has 0 fully saturated rings. The van der Waals surface area contributed by atoms with Gasteiger partial charge in [-0.1, -0.05) is 30.3 Å². The summed E-state index contributed by atoms with van der Waals surface area (Å²) in [6.45, 7) is 4.26. The SMILES string of the molecule is Cc1nnc(CN(C)[C@@H](C)[C@@H](O)c2ccccc2)o1. The van der Waals surface area contributed by atoms with E-state index in [9.17, 15) is 5.11 Å². The minimum Gasteiger partial charge on any atom is -0.424 e. The largest absolute Gasteiger partial charge is 0.424 e. The molecule has 102 valence electrons. The molecule has 0 spiro atoms. The first-order valence-electron chi connectivity index (χ1n) is 6.30. The first kappa shape index (κ1) is 13.7. The van der Waals surface area contributed by atoms with Gasteiger partial charge in [-0.2, -0.15) is 0 Å². The van der Waals surface area contributed by atoms with Crippen LogP contribution in [0.4, 0.5) is 0 Å². The molecule has 2 atom stereocenters. The topological polar surface area (TPSA) is 62.4 Å². The second-order valence-corrected chi connectivity index (χ2v) is 4.73. The molecule has 2 rings (SSSR count). The van der Waals surface area contributed by atoms with Crippen molar-refractivity contribution in [3.8, 4) is 0 Å². The van der Waals surface area contributed by atoms with Gasteiger partial charge >= 0.3 is 0 Å². The number of aryl methyl sites for hydroxylation is 1. The third-order valence-electron chi connectivity index (χ3n) is 3.25. The van der Waals surface area contributed by atoms with Crippen LogP contribution in [0.2, 0.25) is 0 Å². The van der Waals surface area contributed by atoms with Gasteiger partial charge < -0.3 is 9.52 Å². The van der Waals surface area contributed by atoms with Crippen LogP contribution in [-0.2, 0) is 6.54 Å². The van der Waals surface area contributed by atoms with Crippen molar-refractivity contribution in [3.05, 3.63) is 47.7 Å². The summed E-state index contributed by atoms with van der Waals surface area (Å²) in [6, 6.07) is 9.58. The van der Waals surface area contributed by atoms with Gasteiger partial charge in [0.05, 0.1) is 12.6 Å². The number of hydrogen-bond donors (Lipinski definition) is 1. The smallest absolute Gasteiger partial charge is 0.230 e. The van der Waals surface area contributed by atoms with Crippen molar-refractivity contribution in [1.82, 2.24) is 15.1 Å². The van der Waals surface area contributed by atoms with Crippen molar-refractivity contribution < 1.29 is 9.52 Å². The summed E-state index contributed by atoms with van der Waals surface area (Å²) in [5.74, 6) is 1.12. The lowest BCUT2D eigenvalue weighted by atomic mass is 10.0. The van der Waals surface area contributed by atoms with E-state index in [1.54, 1.807) is 6.92 Å². The predicted molar refractivity (Wildman–Crippen MR) is 71.4 cm³/mol. The molecule has 5 nitrogen and oxygen atoms in total. The molecule has 0 saturated carbocycles. The monoisotopic (exact) mass is 261 g/mol. The van der Waals surface area contributed by atoms with Gasteiger partial charge in [-0.25, -0.2) is 0 Å². The first-order valence-corrected chi connectivity index (χ1v) is 6.30. The van der Waals surface area contributed by atoms with Gasteiger partial charge in [0, 0.05) is 13.0 Å². The van der Waals surface area contributed by atoms with Crippen LogP contribution in [0.25, 0.3) is 0 Å². The van der Waals surface area contributed by atoms with E-state index < -0.39 is 6.10 Å². The molecule has 19 heavy (non-hydrogen) atoms. The zero-order chi connectivity index (χ0) is 13.8. The second-order valence-electron chi connectivity index (χ2n) is 4.73. The molecular weight excluding hydrogens is 242 g/mol. The Labute approximate surface area is 112 Å². The first-order chi connectivity index (χ1) is 9.08. The maximum absolute atomic E-state index is 10.3. The van der Waals surface area contributed by atoms with E-state index in [-0.39, 0.29) is 6.04 Å². The van der Waals surface area contributed by atoms with Gasteiger partial charge in [-0.05, 0) is 19.5 Å². The fraction of sp³-hybridized carbons (Fsp3) is 0.429. The van der Waals surface area contributed by atoms with Crippen molar-refractivity contribution in [2.45, 2.75) is 32.5 Å². The van der Waals surface area contributed by atoms with Crippen molar-refractivity contribution >= 4 is 0 Å². The van der Waals surface area contributed by atoms with E-state index >= 15 is 0 Å². The number of aliphatic hydroxyl groups excluding tert-OH is 1. The zero-order valence-corrected chi connectivity index (χ0v) is 11.4. The van der Waals surface area contributed by atoms with Crippen LogP contribution in [0.1, 0.15) is 30.4 Å². The van der Waals surface area contributed by atoms with Gasteiger partial charge in [0.15, 0.2) is 0 Å². The molecule has 0 aliphatic carbocycles. The van der Waals surface area contributed by atoms with E-state index in [1.165, 1.54) is 0 Å². The molecule has 1 N–H and O–H groups in total. The summed E-state index contributed by atoms with van der Waals surface area (Å²) >= 11 is 0. The van der Waals surface area contributed by atoms with Crippen LogP contribution >= 0.6 is 0 Å². The third-order valence-corrected chi connectivity index (χ3v) is 3.25. The van der Waals surface area contributed by atoms with E-state index in [0.717, 1.165) is 5.56 Å². The van der Waals surface area contributed by atoms with Crippen LogP contribution in [0.3, 0.4) is 0 Å². The molecule has 1 aromatic carbocycles. The number of rotatable bonds is 5. The van der Waals surface area contributed by atoms with Gasteiger partial charge in [0.2, 0.25) is 11.8 Å². The Hall–Kier alpha value is -1.72. The molecule has 0 aliphatic rings. The van der Waals surface area contributed by atoms with Crippen LogP contribution in [0, 0.1) is 6.92 Å². The molecular formula is C14H19N3O2. The highest BCUT2D eigenvalue weighted by Gasteiger charge is 2.21. The summed E-state index contributed by atoms with van der Waals surface area (Å²) in [4.78, 5) is 1.99. The number of aromatic nitrogens is 2. The van der Waals surface area contributed by atoms with Gasteiger partial charge in [-0.15, -0.1) is 10.2 Å². The number of aliphatic hydroxyl groups is 1. The maximum Gasteiger partial charge on any atom is 0.230 e. The van der Waals surface area contributed by atoms with E-state index in [1.807, 2.05) is 49.2 Å². The summed E-state index contributed by atoms with van der Waals surface area (Å²) < 4.78 is 5.34. The minimum absolute atomic E-state index is 0.0467. The Bertz CT molecular complexity index is 512. The average molecular weight is 261 g/mol. The van der Waals surface area contributed by atoms with Crippen LogP contribution < -0.4 is 0 Å². The minimum atomic E-state index is -0.546. The van der Waals surface area contributed by atoms with Gasteiger partial charge in [0.25, 0.3) is 0 Å². The zero-order valence-electron chi connectivity index (χ0n) is 11.4. The third kappa shape index (κ3) is 3.39. The fourth-order valence-electron chi connectivity index (χ4n) is 1.93. The number of hydrogen-bond acceptors (Lipinski definition) is 5. The molecule has 0 amide bonds. The lowest BCUT2D eigenvalue weighted by Gasteiger charge is -2.27. The van der Waals surface area contributed by atoms with Crippen LogP contribution in [-0.4, -0.2) is 33.3 Å². The highest BCUT2D eigenvalue weighted by molar-refractivity contribution is 5.18. The fourth-order valence-corrected chi connectivity index (χ4v) is 1.93. The molecule has 0 unspecified atom stereocenters. The molecule has 0 bridgehead atoms. The standard InChI is InChI=1S/C14H19N3O2/c1-10(14(18)12-7-5-4-6-8-12)17(3)9-13-16-15-11(2)19-13/h4-8,10,14,18H,9H2,1-3H3/t10-,14+/m0/s1. The van der Waals surface area contributed by atoms with E-state index in [0.29, 0.717) is 18.3 Å². The Morgan fingerprint density at radius 3 is 2.53 bits per heavy atom. The predicted octanol–water partition coefficient (Wildman–Crippen LogP) is 1.93. The number of nitrogens with zero attached hydrogens (tertiary/aromatic N) is 3. The van der Waals surface area contributed by atoms with Crippen molar-refractivity contribution in [2.24, 2.45) is 0 Å². The Kier molecular flexibility index (Phi) is 4.29. The highest BCUT2D eigenvalue weighted by atomic mass is 16.4. The lowest BCUT2D eigenvalue weighted by Crippen LogP contribution is -2.34. The van der Waals surface area contributed by atoms with Crippen LogP contribution in [0.5, 0.6) is 0 Å². The number of likely N-dealkylation sites (N-methyl/N-ethyl adjacent to an activating group) is 1. The van der Waals surface area contributed by atoms with Crippen molar-refractivity contribution in [3.63, 3.8) is 0 Å². The maximum atomic E-state index is 10.3. The molecule has 1 aromatic heterocycles. The Balaban J connectivity index is 2.00. The number of benzene rings is 1. The summed E-state index contributed by atoms with van der Waals surface area (Å²) in [7, 11) is 1.93. The molecule has 2 aromatic rings. The molecule has 1 heterocycles. The molecule has 0 saturated heterocycles. The summed E-state index contributed by atoms with van der Waals surface area (Å²) in [6.07, 6.45) is -0.546. The van der Waals surface area contributed by atoms with Gasteiger partial charge in [-0.3, -0.25) is 4.90 Å². The van der Waals surface area contributed by atoms with E-state index in [2.05, 4.69) is 10.2 Å². The Morgan fingerprint density at radius 1 is 1.26 bits per heavy atom.